The number of hydrogen-bond donors (Lipinski definition) is 0. The van der Waals surface area contributed by atoms with E-state index >= 15 is 0 Å². The average molecular weight is 242 g/mol. The van der Waals surface area contributed by atoms with Crippen LogP contribution in [0.4, 0.5) is 0 Å². The SMILES string of the molecule is CCCCCC/C=C/C(=O)CCSC(C)=O. The number of hydrogen-bond acceptors (Lipinski definition) is 3. The molecular formula is C13H22O2S. The highest BCUT2D eigenvalue weighted by Crippen LogP contribution is 2.05. The number of ketones is 1. The highest BCUT2D eigenvalue weighted by atomic mass is 32.2. The zero-order valence-electron chi connectivity index (χ0n) is 10.3. The number of thioether (sulfide) groups is 1. The van der Waals surface area contributed by atoms with Gasteiger partial charge in [0.15, 0.2) is 10.9 Å². The van der Waals surface area contributed by atoms with E-state index in [1.165, 1.54) is 44.4 Å². The molecule has 0 aliphatic heterocycles. The molecule has 0 saturated heterocycles. The van der Waals surface area contributed by atoms with E-state index in [0.29, 0.717) is 12.2 Å². The Morgan fingerprint density at radius 1 is 1.19 bits per heavy atom. The molecule has 0 rings (SSSR count). The molecule has 0 aliphatic carbocycles. The third kappa shape index (κ3) is 11.5. The third-order valence-corrected chi connectivity index (χ3v) is 3.00. The van der Waals surface area contributed by atoms with Crippen LogP contribution in [0.3, 0.4) is 0 Å². The average Bonchev–Trinajstić information content (AvgIpc) is 2.22. The van der Waals surface area contributed by atoms with E-state index in [1.807, 2.05) is 6.08 Å². The maximum atomic E-state index is 11.3. The van der Waals surface area contributed by atoms with Crippen molar-refractivity contribution in [2.45, 2.75) is 52.4 Å². The number of unbranched alkanes of at least 4 members (excludes halogenated alkanes) is 4. The van der Waals surface area contributed by atoms with Crippen LogP contribution in [0.1, 0.15) is 52.4 Å². The first-order valence-corrected chi connectivity index (χ1v) is 6.98. The largest absolute Gasteiger partial charge is 0.295 e. The molecule has 0 aromatic rings. The van der Waals surface area contributed by atoms with Gasteiger partial charge in [-0.25, -0.2) is 0 Å². The lowest BCUT2D eigenvalue weighted by molar-refractivity contribution is -0.114. The fourth-order valence-electron chi connectivity index (χ4n) is 1.28. The minimum Gasteiger partial charge on any atom is -0.295 e. The van der Waals surface area contributed by atoms with Gasteiger partial charge in [-0.1, -0.05) is 44.0 Å². The monoisotopic (exact) mass is 242 g/mol. The summed E-state index contributed by atoms with van der Waals surface area (Å²) in [7, 11) is 0. The van der Waals surface area contributed by atoms with Crippen molar-refractivity contribution in [3.63, 3.8) is 0 Å². The molecule has 0 atom stereocenters. The van der Waals surface area contributed by atoms with Crippen molar-refractivity contribution < 1.29 is 9.59 Å². The fraction of sp³-hybridized carbons (Fsp3) is 0.692. The van der Waals surface area contributed by atoms with Crippen LogP contribution in [-0.2, 0) is 9.59 Å². The van der Waals surface area contributed by atoms with Crippen LogP contribution in [0.25, 0.3) is 0 Å². The fourth-order valence-corrected chi connectivity index (χ4v) is 1.87. The van der Waals surface area contributed by atoms with Crippen molar-refractivity contribution in [1.29, 1.82) is 0 Å². The first kappa shape index (κ1) is 15.4. The van der Waals surface area contributed by atoms with E-state index in [1.54, 1.807) is 6.08 Å². The minimum absolute atomic E-state index is 0.0799. The van der Waals surface area contributed by atoms with Crippen molar-refractivity contribution in [1.82, 2.24) is 0 Å². The summed E-state index contributed by atoms with van der Waals surface area (Å²) in [5.41, 5.74) is 0. The Bertz CT molecular complexity index is 234. The standard InChI is InChI=1S/C13H22O2S/c1-3-4-5-6-7-8-9-13(15)10-11-16-12(2)14/h8-9H,3-7,10-11H2,1-2H3/b9-8+. The van der Waals surface area contributed by atoms with Crippen molar-refractivity contribution >= 4 is 22.7 Å². The Labute approximate surface area is 103 Å². The van der Waals surface area contributed by atoms with Crippen molar-refractivity contribution in [3.8, 4) is 0 Å². The summed E-state index contributed by atoms with van der Waals surface area (Å²) < 4.78 is 0. The molecule has 0 fully saturated rings. The molecule has 0 aromatic heterocycles. The summed E-state index contributed by atoms with van der Waals surface area (Å²) in [6.45, 7) is 3.71. The Kier molecular flexibility index (Phi) is 10.5. The Balaban J connectivity index is 3.40. The second-order valence-electron chi connectivity index (χ2n) is 3.81. The van der Waals surface area contributed by atoms with Crippen LogP contribution in [0, 0.1) is 0 Å². The maximum Gasteiger partial charge on any atom is 0.185 e. The predicted octanol–water partition coefficient (Wildman–Crippen LogP) is 3.75. The minimum atomic E-state index is 0.0799. The van der Waals surface area contributed by atoms with E-state index in [-0.39, 0.29) is 10.9 Å². The third-order valence-electron chi connectivity index (χ3n) is 2.18. The normalized spacial score (nSPS) is 10.9. The van der Waals surface area contributed by atoms with Crippen LogP contribution in [-0.4, -0.2) is 16.7 Å². The van der Waals surface area contributed by atoms with Crippen LogP contribution < -0.4 is 0 Å². The molecule has 92 valence electrons. The number of carbonyl (C=O) groups excluding carboxylic acids is 2. The Hall–Kier alpha value is -0.570. The lowest BCUT2D eigenvalue weighted by atomic mass is 10.1. The van der Waals surface area contributed by atoms with Gasteiger partial charge in [-0.3, -0.25) is 9.59 Å². The smallest absolute Gasteiger partial charge is 0.185 e. The zero-order chi connectivity index (χ0) is 12.2. The zero-order valence-corrected chi connectivity index (χ0v) is 11.1. The van der Waals surface area contributed by atoms with E-state index < -0.39 is 0 Å². The van der Waals surface area contributed by atoms with Gasteiger partial charge >= 0.3 is 0 Å². The molecule has 0 radical (unpaired) electrons. The van der Waals surface area contributed by atoms with Gasteiger partial charge in [-0.05, 0) is 18.9 Å². The first-order chi connectivity index (χ1) is 7.66. The van der Waals surface area contributed by atoms with Crippen molar-refractivity contribution in [2.24, 2.45) is 0 Å². The lowest BCUT2D eigenvalue weighted by Crippen LogP contribution is -1.96. The lowest BCUT2D eigenvalue weighted by Gasteiger charge is -1.95. The molecule has 0 unspecified atom stereocenters. The van der Waals surface area contributed by atoms with E-state index in [0.717, 1.165) is 6.42 Å². The quantitative estimate of drug-likeness (QED) is 0.456. The summed E-state index contributed by atoms with van der Waals surface area (Å²) in [5, 5.41) is 0.0799. The predicted molar refractivity (Wildman–Crippen MR) is 70.7 cm³/mol. The summed E-state index contributed by atoms with van der Waals surface area (Å²) in [6.07, 6.45) is 10.0. The Morgan fingerprint density at radius 3 is 2.56 bits per heavy atom. The van der Waals surface area contributed by atoms with Gasteiger partial charge < -0.3 is 0 Å². The molecule has 0 bridgehead atoms. The first-order valence-electron chi connectivity index (χ1n) is 5.99. The summed E-state index contributed by atoms with van der Waals surface area (Å²) in [5.74, 6) is 0.734. The van der Waals surface area contributed by atoms with Crippen LogP contribution in [0.2, 0.25) is 0 Å². The van der Waals surface area contributed by atoms with Gasteiger partial charge in [0.1, 0.15) is 0 Å². The second kappa shape index (κ2) is 10.9. The van der Waals surface area contributed by atoms with E-state index in [4.69, 9.17) is 0 Å². The molecule has 0 N–H and O–H groups in total. The second-order valence-corrected chi connectivity index (χ2v) is 5.08. The molecule has 0 aromatic carbocycles. The topological polar surface area (TPSA) is 34.1 Å². The number of carbonyl (C=O) groups is 2. The van der Waals surface area contributed by atoms with Crippen LogP contribution in [0.15, 0.2) is 12.2 Å². The molecule has 2 nitrogen and oxygen atoms in total. The highest BCUT2D eigenvalue weighted by Gasteiger charge is 1.98. The number of allylic oxidation sites excluding steroid dienone is 2. The molecule has 0 amide bonds. The summed E-state index contributed by atoms with van der Waals surface area (Å²) in [4.78, 5) is 21.9. The maximum absolute atomic E-state index is 11.3. The number of rotatable bonds is 9. The van der Waals surface area contributed by atoms with Crippen molar-refractivity contribution in [2.75, 3.05) is 5.75 Å². The van der Waals surface area contributed by atoms with Gasteiger partial charge in [0.05, 0.1) is 0 Å². The van der Waals surface area contributed by atoms with Gasteiger partial charge in [-0.15, -0.1) is 0 Å². The molecule has 16 heavy (non-hydrogen) atoms. The van der Waals surface area contributed by atoms with Gasteiger partial charge in [-0.2, -0.15) is 0 Å². The van der Waals surface area contributed by atoms with Crippen LogP contribution in [0.5, 0.6) is 0 Å². The van der Waals surface area contributed by atoms with Gasteiger partial charge in [0.25, 0.3) is 0 Å². The molecular weight excluding hydrogens is 220 g/mol. The van der Waals surface area contributed by atoms with Gasteiger partial charge in [0.2, 0.25) is 0 Å². The summed E-state index contributed by atoms with van der Waals surface area (Å²) >= 11 is 1.22. The molecule has 0 heterocycles. The van der Waals surface area contributed by atoms with Crippen LogP contribution >= 0.6 is 11.8 Å². The molecule has 0 aliphatic rings. The van der Waals surface area contributed by atoms with Gasteiger partial charge in [0, 0.05) is 19.1 Å². The molecule has 3 heteroatoms. The van der Waals surface area contributed by atoms with E-state index in [9.17, 15) is 9.59 Å². The molecule has 0 spiro atoms. The highest BCUT2D eigenvalue weighted by molar-refractivity contribution is 8.13. The van der Waals surface area contributed by atoms with E-state index in [2.05, 4.69) is 6.92 Å². The van der Waals surface area contributed by atoms with Crippen molar-refractivity contribution in [3.05, 3.63) is 12.2 Å². The summed E-state index contributed by atoms with van der Waals surface area (Å²) in [6, 6.07) is 0. The Morgan fingerprint density at radius 2 is 1.94 bits per heavy atom. The molecule has 0 saturated carbocycles.